The fourth-order valence-electron chi connectivity index (χ4n) is 2.79. The lowest BCUT2D eigenvalue weighted by atomic mass is 10.2. The highest BCUT2D eigenvalue weighted by Gasteiger charge is 2.16. The third-order valence-corrected chi connectivity index (χ3v) is 4.08. The van der Waals surface area contributed by atoms with E-state index in [1.807, 2.05) is 12.1 Å². The molecule has 2 heterocycles. The first-order chi connectivity index (χ1) is 10.7. The summed E-state index contributed by atoms with van der Waals surface area (Å²) in [5.74, 6) is 1.53. The van der Waals surface area contributed by atoms with Crippen molar-refractivity contribution in [2.75, 3.05) is 29.0 Å². The summed E-state index contributed by atoms with van der Waals surface area (Å²) in [4.78, 5) is 11.0. The van der Waals surface area contributed by atoms with E-state index < -0.39 is 0 Å². The van der Waals surface area contributed by atoms with Crippen LogP contribution in [0, 0.1) is 6.92 Å². The van der Waals surface area contributed by atoms with Crippen molar-refractivity contribution in [1.82, 2.24) is 9.97 Å². The SMILES string of the molecule is Cc1ccc(Nc2ncnc(N3CCCCCC3)c2N)cc1. The van der Waals surface area contributed by atoms with Gasteiger partial charge in [-0.3, -0.25) is 0 Å². The lowest BCUT2D eigenvalue weighted by Crippen LogP contribution is -2.26. The van der Waals surface area contributed by atoms with Gasteiger partial charge in [0, 0.05) is 18.8 Å². The standard InChI is InChI=1S/C17H23N5/c1-13-6-8-14(9-7-13)21-16-15(18)17(20-12-19-16)22-10-4-2-3-5-11-22/h6-9,12H,2-5,10-11,18H2,1H3,(H,19,20,21). The molecular weight excluding hydrogens is 274 g/mol. The molecule has 1 aliphatic heterocycles. The van der Waals surface area contributed by atoms with Crippen molar-refractivity contribution in [2.45, 2.75) is 32.6 Å². The van der Waals surface area contributed by atoms with E-state index in [9.17, 15) is 0 Å². The summed E-state index contributed by atoms with van der Waals surface area (Å²) in [7, 11) is 0. The van der Waals surface area contributed by atoms with Gasteiger partial charge in [-0.15, -0.1) is 0 Å². The zero-order chi connectivity index (χ0) is 15.4. The maximum absolute atomic E-state index is 6.31. The van der Waals surface area contributed by atoms with Crippen LogP contribution in [0.5, 0.6) is 0 Å². The highest BCUT2D eigenvalue weighted by atomic mass is 15.2. The van der Waals surface area contributed by atoms with Crippen LogP contribution >= 0.6 is 0 Å². The molecule has 5 nitrogen and oxygen atoms in total. The minimum absolute atomic E-state index is 0.630. The molecule has 0 aliphatic carbocycles. The number of nitrogens with zero attached hydrogens (tertiary/aromatic N) is 3. The third kappa shape index (κ3) is 3.30. The van der Waals surface area contributed by atoms with Crippen LogP contribution in [-0.4, -0.2) is 23.1 Å². The minimum atomic E-state index is 0.630. The maximum Gasteiger partial charge on any atom is 0.159 e. The van der Waals surface area contributed by atoms with E-state index in [0.717, 1.165) is 24.6 Å². The minimum Gasteiger partial charge on any atom is -0.393 e. The first-order valence-corrected chi connectivity index (χ1v) is 7.93. The van der Waals surface area contributed by atoms with E-state index in [0.29, 0.717) is 11.5 Å². The van der Waals surface area contributed by atoms with Crippen molar-refractivity contribution in [3.63, 3.8) is 0 Å². The summed E-state index contributed by atoms with van der Waals surface area (Å²) in [6, 6.07) is 8.19. The van der Waals surface area contributed by atoms with Gasteiger partial charge in [-0.05, 0) is 31.9 Å². The molecule has 1 aliphatic rings. The molecule has 2 aromatic rings. The Kier molecular flexibility index (Phi) is 4.42. The number of nitrogen functional groups attached to an aromatic ring is 1. The molecule has 0 unspecified atom stereocenters. The van der Waals surface area contributed by atoms with E-state index in [-0.39, 0.29) is 0 Å². The fourth-order valence-corrected chi connectivity index (χ4v) is 2.79. The topological polar surface area (TPSA) is 67.1 Å². The Morgan fingerprint density at radius 2 is 1.68 bits per heavy atom. The second-order valence-corrected chi connectivity index (χ2v) is 5.85. The molecule has 116 valence electrons. The molecule has 0 saturated carbocycles. The van der Waals surface area contributed by atoms with Crippen molar-refractivity contribution >= 4 is 23.0 Å². The molecule has 3 rings (SSSR count). The quantitative estimate of drug-likeness (QED) is 0.907. The Morgan fingerprint density at radius 3 is 2.36 bits per heavy atom. The van der Waals surface area contributed by atoms with E-state index >= 15 is 0 Å². The second-order valence-electron chi connectivity index (χ2n) is 5.85. The van der Waals surface area contributed by atoms with Gasteiger partial charge in [-0.1, -0.05) is 30.5 Å². The second kappa shape index (κ2) is 6.64. The molecule has 0 spiro atoms. The number of anilines is 4. The van der Waals surface area contributed by atoms with Gasteiger partial charge in [0.25, 0.3) is 0 Å². The number of nitrogens with one attached hydrogen (secondary N) is 1. The highest BCUT2D eigenvalue weighted by Crippen LogP contribution is 2.29. The van der Waals surface area contributed by atoms with Crippen molar-refractivity contribution < 1.29 is 0 Å². The predicted octanol–water partition coefficient (Wildman–Crippen LogP) is 3.49. The fraction of sp³-hybridized carbons (Fsp3) is 0.412. The van der Waals surface area contributed by atoms with Crippen molar-refractivity contribution in [3.8, 4) is 0 Å². The number of benzene rings is 1. The molecule has 3 N–H and O–H groups in total. The number of nitrogens with two attached hydrogens (primary N) is 1. The Morgan fingerprint density at radius 1 is 1.00 bits per heavy atom. The zero-order valence-electron chi connectivity index (χ0n) is 13.0. The molecule has 0 amide bonds. The van der Waals surface area contributed by atoms with E-state index in [1.165, 1.54) is 31.2 Å². The Labute approximate surface area is 131 Å². The lowest BCUT2D eigenvalue weighted by molar-refractivity contribution is 0.726. The Bertz CT molecular complexity index is 615. The summed E-state index contributed by atoms with van der Waals surface area (Å²) >= 11 is 0. The molecule has 0 radical (unpaired) electrons. The van der Waals surface area contributed by atoms with Crippen LogP contribution in [0.25, 0.3) is 0 Å². The lowest BCUT2D eigenvalue weighted by Gasteiger charge is -2.23. The summed E-state index contributed by atoms with van der Waals surface area (Å²) in [6.45, 7) is 4.11. The predicted molar refractivity (Wildman–Crippen MR) is 91.6 cm³/mol. The van der Waals surface area contributed by atoms with Gasteiger partial charge in [0.2, 0.25) is 0 Å². The van der Waals surface area contributed by atoms with Crippen molar-refractivity contribution in [1.29, 1.82) is 0 Å². The van der Waals surface area contributed by atoms with Crippen LogP contribution in [0.4, 0.5) is 23.0 Å². The van der Waals surface area contributed by atoms with Crippen molar-refractivity contribution in [2.24, 2.45) is 0 Å². The Balaban J connectivity index is 1.83. The monoisotopic (exact) mass is 297 g/mol. The number of hydrogen-bond acceptors (Lipinski definition) is 5. The van der Waals surface area contributed by atoms with Gasteiger partial charge in [-0.25, -0.2) is 9.97 Å². The van der Waals surface area contributed by atoms with Crippen LogP contribution in [0.3, 0.4) is 0 Å². The highest BCUT2D eigenvalue weighted by molar-refractivity contribution is 5.78. The number of hydrogen-bond donors (Lipinski definition) is 2. The molecule has 22 heavy (non-hydrogen) atoms. The Hall–Kier alpha value is -2.30. The summed E-state index contributed by atoms with van der Waals surface area (Å²) in [5, 5.41) is 3.29. The number of aromatic nitrogens is 2. The first-order valence-electron chi connectivity index (χ1n) is 7.93. The average Bonchev–Trinajstić information content (AvgIpc) is 2.81. The van der Waals surface area contributed by atoms with Gasteiger partial charge < -0.3 is 16.0 Å². The van der Waals surface area contributed by atoms with Gasteiger partial charge in [0.1, 0.15) is 12.0 Å². The maximum atomic E-state index is 6.31. The van der Waals surface area contributed by atoms with Crippen LogP contribution in [0.15, 0.2) is 30.6 Å². The molecule has 0 atom stereocenters. The molecule has 1 aromatic heterocycles. The number of rotatable bonds is 3. The molecular formula is C17H23N5. The van der Waals surface area contributed by atoms with Gasteiger partial charge in [0.15, 0.2) is 11.6 Å². The van der Waals surface area contributed by atoms with E-state index in [4.69, 9.17) is 5.73 Å². The summed E-state index contributed by atoms with van der Waals surface area (Å²) in [6.07, 6.45) is 6.56. The molecule has 1 aromatic carbocycles. The zero-order valence-corrected chi connectivity index (χ0v) is 13.0. The summed E-state index contributed by atoms with van der Waals surface area (Å²) in [5.41, 5.74) is 9.16. The van der Waals surface area contributed by atoms with Crippen LogP contribution in [0.2, 0.25) is 0 Å². The smallest absolute Gasteiger partial charge is 0.159 e. The third-order valence-electron chi connectivity index (χ3n) is 4.08. The molecule has 1 fully saturated rings. The van der Waals surface area contributed by atoms with Gasteiger partial charge in [-0.2, -0.15) is 0 Å². The van der Waals surface area contributed by atoms with Gasteiger partial charge in [0.05, 0.1) is 0 Å². The average molecular weight is 297 g/mol. The van der Waals surface area contributed by atoms with Gasteiger partial charge >= 0.3 is 0 Å². The van der Waals surface area contributed by atoms with Crippen LogP contribution in [0.1, 0.15) is 31.2 Å². The summed E-state index contributed by atoms with van der Waals surface area (Å²) < 4.78 is 0. The number of aryl methyl sites for hydroxylation is 1. The van der Waals surface area contributed by atoms with Crippen LogP contribution < -0.4 is 16.0 Å². The van der Waals surface area contributed by atoms with Crippen molar-refractivity contribution in [3.05, 3.63) is 36.2 Å². The van der Waals surface area contributed by atoms with E-state index in [1.54, 1.807) is 6.33 Å². The normalized spacial score (nSPS) is 15.4. The molecule has 1 saturated heterocycles. The first kappa shape index (κ1) is 14.6. The van der Waals surface area contributed by atoms with Crippen LogP contribution in [-0.2, 0) is 0 Å². The molecule has 5 heteroatoms. The largest absolute Gasteiger partial charge is 0.393 e. The molecule has 0 bridgehead atoms. The van der Waals surface area contributed by atoms with E-state index in [2.05, 4.69) is 39.2 Å².